The predicted molar refractivity (Wildman–Crippen MR) is 78.9 cm³/mol. The van der Waals surface area contributed by atoms with Gasteiger partial charge in [0.15, 0.2) is 0 Å². The molecule has 2 rings (SSSR count). The zero-order valence-electron chi connectivity index (χ0n) is 11.2. The molecule has 104 valence electrons. The summed E-state index contributed by atoms with van der Waals surface area (Å²) in [7, 11) is 0. The molecule has 1 aromatic rings. The summed E-state index contributed by atoms with van der Waals surface area (Å²) in [5, 5.41) is 2.93. The van der Waals surface area contributed by atoms with Gasteiger partial charge in [0, 0.05) is 12.7 Å². The smallest absolute Gasteiger partial charge is 0.254 e. The number of aromatic amines is 1. The number of hydrogen-bond acceptors (Lipinski definition) is 3. The van der Waals surface area contributed by atoms with Gasteiger partial charge in [0.25, 0.3) is 5.91 Å². The summed E-state index contributed by atoms with van der Waals surface area (Å²) >= 11 is 5.08. The average Bonchev–Trinajstić information content (AvgIpc) is 2.45. The number of pyridine rings is 1. The molecule has 0 aliphatic carbocycles. The first-order valence-electron chi connectivity index (χ1n) is 6.95. The summed E-state index contributed by atoms with van der Waals surface area (Å²) in [4.78, 5) is 17.3. The van der Waals surface area contributed by atoms with E-state index < -0.39 is 0 Å². The van der Waals surface area contributed by atoms with Crippen LogP contribution in [0.25, 0.3) is 0 Å². The molecule has 1 fully saturated rings. The van der Waals surface area contributed by atoms with Gasteiger partial charge in [-0.2, -0.15) is 0 Å². The van der Waals surface area contributed by atoms with Gasteiger partial charge in [0.1, 0.15) is 4.64 Å². The summed E-state index contributed by atoms with van der Waals surface area (Å²) in [6, 6.07) is 3.54. The highest BCUT2D eigenvalue weighted by Gasteiger charge is 2.10. The number of amides is 1. The van der Waals surface area contributed by atoms with Crippen LogP contribution in [0.1, 0.15) is 36.0 Å². The number of hydrogen-bond donors (Lipinski definition) is 2. The first-order valence-corrected chi connectivity index (χ1v) is 7.36. The Bertz CT molecular complexity index is 466. The monoisotopic (exact) mass is 279 g/mol. The lowest BCUT2D eigenvalue weighted by atomic mass is 10.1. The standard InChI is InChI=1S/C14H21N3OS/c18-13(12-6-4-7-16-14(12)19)15-8-5-11-17-9-2-1-3-10-17/h4,6-7H,1-3,5,8-11H2,(H,15,18)(H,16,19). The maximum Gasteiger partial charge on any atom is 0.254 e. The molecule has 19 heavy (non-hydrogen) atoms. The largest absolute Gasteiger partial charge is 0.352 e. The van der Waals surface area contributed by atoms with Crippen LogP contribution in [-0.4, -0.2) is 42.0 Å². The Kier molecular flexibility index (Phi) is 5.54. The van der Waals surface area contributed by atoms with Crippen molar-refractivity contribution >= 4 is 18.1 Å². The van der Waals surface area contributed by atoms with Crippen molar-refractivity contribution < 1.29 is 4.79 Å². The molecular weight excluding hydrogens is 258 g/mol. The normalized spacial score (nSPS) is 16.2. The minimum absolute atomic E-state index is 0.0829. The Hall–Kier alpha value is -1.20. The number of rotatable bonds is 5. The lowest BCUT2D eigenvalue weighted by Gasteiger charge is -2.26. The topological polar surface area (TPSA) is 48.1 Å². The fourth-order valence-corrected chi connectivity index (χ4v) is 2.61. The van der Waals surface area contributed by atoms with Crippen molar-refractivity contribution in [3.8, 4) is 0 Å². The van der Waals surface area contributed by atoms with E-state index in [1.165, 1.54) is 32.4 Å². The van der Waals surface area contributed by atoms with Gasteiger partial charge in [0.05, 0.1) is 5.56 Å². The second-order valence-corrected chi connectivity index (χ2v) is 5.33. The molecule has 0 radical (unpaired) electrons. The molecule has 1 amide bonds. The summed E-state index contributed by atoms with van der Waals surface area (Å²) in [6.45, 7) is 4.19. The maximum absolute atomic E-state index is 11.9. The van der Waals surface area contributed by atoms with Crippen molar-refractivity contribution in [2.45, 2.75) is 25.7 Å². The second kappa shape index (κ2) is 7.40. The van der Waals surface area contributed by atoms with Crippen LogP contribution < -0.4 is 5.32 Å². The van der Waals surface area contributed by atoms with E-state index in [9.17, 15) is 4.79 Å². The van der Waals surface area contributed by atoms with Crippen molar-refractivity contribution in [1.29, 1.82) is 0 Å². The van der Waals surface area contributed by atoms with Crippen molar-refractivity contribution in [2.24, 2.45) is 0 Å². The number of carbonyl (C=O) groups excluding carboxylic acids is 1. The molecule has 1 saturated heterocycles. The molecule has 0 bridgehead atoms. The number of aromatic nitrogens is 1. The number of carbonyl (C=O) groups is 1. The van der Waals surface area contributed by atoms with Gasteiger partial charge < -0.3 is 15.2 Å². The van der Waals surface area contributed by atoms with Gasteiger partial charge in [-0.1, -0.05) is 18.6 Å². The van der Waals surface area contributed by atoms with Crippen molar-refractivity contribution in [3.05, 3.63) is 28.5 Å². The van der Waals surface area contributed by atoms with Gasteiger partial charge in [-0.15, -0.1) is 0 Å². The molecule has 5 heteroatoms. The van der Waals surface area contributed by atoms with Crippen LogP contribution in [0, 0.1) is 4.64 Å². The number of nitrogens with one attached hydrogen (secondary N) is 2. The summed E-state index contributed by atoms with van der Waals surface area (Å²) in [5.41, 5.74) is 0.551. The Labute approximate surface area is 119 Å². The first-order chi connectivity index (χ1) is 9.27. The third kappa shape index (κ3) is 4.44. The van der Waals surface area contributed by atoms with Crippen molar-refractivity contribution in [2.75, 3.05) is 26.2 Å². The maximum atomic E-state index is 11.9. The molecule has 1 aromatic heterocycles. The molecule has 0 aromatic carbocycles. The van der Waals surface area contributed by atoms with E-state index in [1.807, 2.05) is 0 Å². The van der Waals surface area contributed by atoms with Crippen molar-refractivity contribution in [3.63, 3.8) is 0 Å². The lowest BCUT2D eigenvalue weighted by molar-refractivity contribution is 0.0950. The van der Waals surface area contributed by atoms with E-state index in [1.54, 1.807) is 18.3 Å². The molecule has 2 N–H and O–H groups in total. The van der Waals surface area contributed by atoms with Gasteiger partial charge in [-0.25, -0.2) is 0 Å². The van der Waals surface area contributed by atoms with Crippen LogP contribution in [0.2, 0.25) is 0 Å². The molecule has 2 heterocycles. The number of piperidine rings is 1. The number of H-pyrrole nitrogens is 1. The molecule has 0 spiro atoms. The van der Waals surface area contributed by atoms with Crippen LogP contribution in [0.4, 0.5) is 0 Å². The lowest BCUT2D eigenvalue weighted by Crippen LogP contribution is -2.33. The van der Waals surface area contributed by atoms with Crippen LogP contribution in [0.5, 0.6) is 0 Å². The van der Waals surface area contributed by atoms with Gasteiger partial charge in [-0.3, -0.25) is 4.79 Å². The highest BCUT2D eigenvalue weighted by molar-refractivity contribution is 7.71. The zero-order valence-corrected chi connectivity index (χ0v) is 12.0. The SMILES string of the molecule is O=C(NCCCN1CCCCC1)c1ccc[nH]c1=S. The van der Waals surface area contributed by atoms with E-state index in [0.29, 0.717) is 16.7 Å². The summed E-state index contributed by atoms with van der Waals surface area (Å²) in [5.74, 6) is -0.0829. The predicted octanol–water partition coefficient (Wildman–Crippen LogP) is 2.35. The molecule has 1 aliphatic rings. The molecular formula is C14H21N3OS. The van der Waals surface area contributed by atoms with Crippen LogP contribution in [0.15, 0.2) is 18.3 Å². The molecule has 1 aliphatic heterocycles. The molecule has 0 unspecified atom stereocenters. The van der Waals surface area contributed by atoms with Gasteiger partial charge in [-0.05, 0) is 51.0 Å². The van der Waals surface area contributed by atoms with E-state index in [-0.39, 0.29) is 5.91 Å². The molecule has 0 atom stereocenters. The Morgan fingerprint density at radius 3 is 2.89 bits per heavy atom. The van der Waals surface area contributed by atoms with Crippen molar-refractivity contribution in [1.82, 2.24) is 15.2 Å². The zero-order chi connectivity index (χ0) is 13.5. The number of likely N-dealkylation sites (tertiary alicyclic amines) is 1. The van der Waals surface area contributed by atoms with Crippen LogP contribution >= 0.6 is 12.2 Å². The highest BCUT2D eigenvalue weighted by Crippen LogP contribution is 2.08. The minimum atomic E-state index is -0.0829. The third-order valence-corrected chi connectivity index (χ3v) is 3.79. The quantitative estimate of drug-likeness (QED) is 0.642. The minimum Gasteiger partial charge on any atom is -0.352 e. The highest BCUT2D eigenvalue weighted by atomic mass is 32.1. The van der Waals surface area contributed by atoms with Crippen LogP contribution in [0.3, 0.4) is 0 Å². The number of nitrogens with zero attached hydrogens (tertiary/aromatic N) is 1. The van der Waals surface area contributed by atoms with Gasteiger partial charge in [0.2, 0.25) is 0 Å². The average molecular weight is 279 g/mol. The molecule has 0 saturated carbocycles. The van der Waals surface area contributed by atoms with E-state index in [0.717, 1.165) is 13.0 Å². The Balaban J connectivity index is 1.69. The Morgan fingerprint density at radius 1 is 1.37 bits per heavy atom. The second-order valence-electron chi connectivity index (χ2n) is 4.92. The van der Waals surface area contributed by atoms with Crippen LogP contribution in [-0.2, 0) is 0 Å². The van der Waals surface area contributed by atoms with Gasteiger partial charge >= 0.3 is 0 Å². The van der Waals surface area contributed by atoms with E-state index in [4.69, 9.17) is 12.2 Å². The first kappa shape index (κ1) is 14.2. The Morgan fingerprint density at radius 2 is 2.16 bits per heavy atom. The fourth-order valence-electron chi connectivity index (χ4n) is 2.38. The summed E-state index contributed by atoms with van der Waals surface area (Å²) < 4.78 is 0.496. The summed E-state index contributed by atoms with van der Waals surface area (Å²) in [6.07, 6.45) is 6.71. The van der Waals surface area contributed by atoms with E-state index >= 15 is 0 Å². The third-order valence-electron chi connectivity index (χ3n) is 3.45. The van der Waals surface area contributed by atoms with E-state index in [2.05, 4.69) is 15.2 Å². The molecule has 4 nitrogen and oxygen atoms in total. The fraction of sp³-hybridized carbons (Fsp3) is 0.571.